The maximum Gasteiger partial charge on any atom is 0.223 e. The van der Waals surface area contributed by atoms with E-state index in [0.717, 1.165) is 35.4 Å². The first-order chi connectivity index (χ1) is 11.3. The fraction of sp³-hybridized carbons (Fsp3) is 0.100. The number of halogens is 1. The number of hydrogen-bond acceptors (Lipinski definition) is 2. The summed E-state index contributed by atoms with van der Waals surface area (Å²) in [5, 5.41) is 2.69. The highest BCUT2D eigenvalue weighted by atomic mass is 35.5. The van der Waals surface area contributed by atoms with Gasteiger partial charge in [-0.05, 0) is 52.9 Å². The minimum atomic E-state index is 0.283. The Balaban J connectivity index is 1.82. The standard InChI is InChI=1S/C20H15ClN2/c21-20-22-18(15-7-2-1-3-8-15)13-19(23-20)17-11-10-14-6-4-5-9-16(14)12-17/h2,4-13H,1,3H2. The van der Waals surface area contributed by atoms with Crippen LogP contribution >= 0.6 is 11.6 Å². The quantitative estimate of drug-likeness (QED) is 0.568. The number of rotatable bonds is 2. The summed E-state index contributed by atoms with van der Waals surface area (Å²) in [6.07, 6.45) is 8.59. The van der Waals surface area contributed by atoms with Crippen molar-refractivity contribution in [2.75, 3.05) is 0 Å². The lowest BCUT2D eigenvalue weighted by atomic mass is 10.0. The maximum atomic E-state index is 6.16. The van der Waals surface area contributed by atoms with Gasteiger partial charge in [-0.3, -0.25) is 0 Å². The SMILES string of the molecule is Clc1nc(C2=CCCC=C2)cc(-c2ccc3ccccc3c2)n1. The molecule has 0 amide bonds. The van der Waals surface area contributed by atoms with Crippen molar-refractivity contribution in [3.05, 3.63) is 77.7 Å². The summed E-state index contributed by atoms with van der Waals surface area (Å²) in [5.74, 6) is 0. The smallest absolute Gasteiger partial charge is 0.218 e. The highest BCUT2D eigenvalue weighted by molar-refractivity contribution is 6.28. The van der Waals surface area contributed by atoms with Crippen LogP contribution in [0.5, 0.6) is 0 Å². The first-order valence-electron chi connectivity index (χ1n) is 7.70. The Morgan fingerprint density at radius 2 is 1.65 bits per heavy atom. The second kappa shape index (κ2) is 5.98. The molecule has 1 heterocycles. The van der Waals surface area contributed by atoms with E-state index in [4.69, 9.17) is 11.6 Å². The predicted molar refractivity (Wildman–Crippen MR) is 96.3 cm³/mol. The fourth-order valence-electron chi connectivity index (χ4n) is 2.87. The van der Waals surface area contributed by atoms with E-state index in [-0.39, 0.29) is 5.28 Å². The van der Waals surface area contributed by atoms with Gasteiger partial charge in [0.15, 0.2) is 0 Å². The first kappa shape index (κ1) is 14.2. The second-order valence-electron chi connectivity index (χ2n) is 5.61. The Bertz CT molecular complexity index is 941. The van der Waals surface area contributed by atoms with Crippen molar-refractivity contribution in [3.63, 3.8) is 0 Å². The predicted octanol–water partition coefficient (Wildman–Crippen LogP) is 5.68. The van der Waals surface area contributed by atoms with Crippen LogP contribution in [0.15, 0.2) is 66.8 Å². The van der Waals surface area contributed by atoms with Crippen LogP contribution < -0.4 is 0 Å². The summed E-state index contributed by atoms with van der Waals surface area (Å²) < 4.78 is 0. The van der Waals surface area contributed by atoms with Crippen molar-refractivity contribution in [3.8, 4) is 11.3 Å². The van der Waals surface area contributed by atoms with Gasteiger partial charge in [0.05, 0.1) is 11.4 Å². The lowest BCUT2D eigenvalue weighted by Crippen LogP contribution is -1.95. The van der Waals surface area contributed by atoms with Gasteiger partial charge in [0.1, 0.15) is 0 Å². The monoisotopic (exact) mass is 318 g/mol. The van der Waals surface area contributed by atoms with Crippen LogP contribution in [0.25, 0.3) is 27.6 Å². The van der Waals surface area contributed by atoms with Crippen molar-refractivity contribution >= 4 is 27.9 Å². The van der Waals surface area contributed by atoms with E-state index in [2.05, 4.69) is 58.5 Å². The van der Waals surface area contributed by atoms with Gasteiger partial charge in [-0.2, -0.15) is 0 Å². The summed E-state index contributed by atoms with van der Waals surface area (Å²) in [6, 6.07) is 16.6. The minimum Gasteiger partial charge on any atom is -0.218 e. The zero-order chi connectivity index (χ0) is 15.6. The van der Waals surface area contributed by atoms with Crippen LogP contribution in [-0.4, -0.2) is 9.97 Å². The van der Waals surface area contributed by atoms with Crippen LogP contribution in [0.2, 0.25) is 5.28 Å². The molecule has 0 radical (unpaired) electrons. The largest absolute Gasteiger partial charge is 0.223 e. The average molecular weight is 319 g/mol. The Morgan fingerprint density at radius 3 is 2.48 bits per heavy atom. The Hall–Kier alpha value is -2.45. The van der Waals surface area contributed by atoms with Crippen molar-refractivity contribution in [1.29, 1.82) is 0 Å². The molecule has 0 unspecified atom stereocenters. The van der Waals surface area contributed by atoms with Gasteiger partial charge in [0.2, 0.25) is 5.28 Å². The molecule has 0 atom stereocenters. The molecule has 4 rings (SSSR count). The third-order valence-corrected chi connectivity index (χ3v) is 4.20. The van der Waals surface area contributed by atoms with E-state index in [1.165, 1.54) is 10.8 Å². The molecule has 1 aliphatic rings. The molecule has 0 saturated carbocycles. The molecule has 0 aliphatic heterocycles. The third-order valence-electron chi connectivity index (χ3n) is 4.03. The van der Waals surface area contributed by atoms with Crippen molar-refractivity contribution in [2.24, 2.45) is 0 Å². The number of allylic oxidation sites excluding steroid dienone is 4. The van der Waals surface area contributed by atoms with Crippen molar-refractivity contribution < 1.29 is 0 Å². The first-order valence-corrected chi connectivity index (χ1v) is 8.08. The highest BCUT2D eigenvalue weighted by Crippen LogP contribution is 2.27. The van der Waals surface area contributed by atoms with Crippen LogP contribution in [0.4, 0.5) is 0 Å². The summed E-state index contributed by atoms with van der Waals surface area (Å²) >= 11 is 6.16. The summed E-state index contributed by atoms with van der Waals surface area (Å²) in [4.78, 5) is 8.79. The molecule has 0 fully saturated rings. The highest BCUT2D eigenvalue weighted by Gasteiger charge is 2.09. The Morgan fingerprint density at radius 1 is 0.826 bits per heavy atom. The average Bonchev–Trinajstić information content (AvgIpc) is 2.61. The van der Waals surface area contributed by atoms with Gasteiger partial charge >= 0.3 is 0 Å². The lowest BCUT2D eigenvalue weighted by Gasteiger charge is -2.09. The Labute approximate surface area is 140 Å². The molecule has 0 bridgehead atoms. The molecule has 0 N–H and O–H groups in total. The van der Waals surface area contributed by atoms with Gasteiger partial charge in [-0.15, -0.1) is 0 Å². The van der Waals surface area contributed by atoms with Crippen LogP contribution in [0, 0.1) is 0 Å². The lowest BCUT2D eigenvalue weighted by molar-refractivity contribution is 1.03. The number of fused-ring (bicyclic) bond motifs is 1. The topological polar surface area (TPSA) is 25.8 Å². The molecule has 2 aromatic carbocycles. The van der Waals surface area contributed by atoms with Crippen LogP contribution in [-0.2, 0) is 0 Å². The second-order valence-corrected chi connectivity index (χ2v) is 5.95. The van der Waals surface area contributed by atoms with E-state index in [0.29, 0.717) is 0 Å². The van der Waals surface area contributed by atoms with E-state index in [1.54, 1.807) is 0 Å². The van der Waals surface area contributed by atoms with E-state index < -0.39 is 0 Å². The third kappa shape index (κ3) is 2.90. The molecule has 1 aromatic heterocycles. The van der Waals surface area contributed by atoms with E-state index in [1.807, 2.05) is 18.2 Å². The molecular weight excluding hydrogens is 304 g/mol. The van der Waals surface area contributed by atoms with E-state index in [9.17, 15) is 0 Å². The zero-order valence-electron chi connectivity index (χ0n) is 12.5. The molecule has 0 saturated heterocycles. The van der Waals surface area contributed by atoms with Gasteiger partial charge in [0.25, 0.3) is 0 Å². The van der Waals surface area contributed by atoms with Crippen LogP contribution in [0.1, 0.15) is 18.5 Å². The molecule has 3 aromatic rings. The van der Waals surface area contributed by atoms with Gasteiger partial charge in [0, 0.05) is 5.56 Å². The fourth-order valence-corrected chi connectivity index (χ4v) is 3.05. The van der Waals surface area contributed by atoms with Crippen molar-refractivity contribution in [2.45, 2.75) is 12.8 Å². The molecular formula is C20H15ClN2. The van der Waals surface area contributed by atoms with Gasteiger partial charge in [-0.25, -0.2) is 9.97 Å². The number of aromatic nitrogens is 2. The van der Waals surface area contributed by atoms with Crippen molar-refractivity contribution in [1.82, 2.24) is 9.97 Å². The number of benzene rings is 2. The molecule has 0 spiro atoms. The summed E-state index contributed by atoms with van der Waals surface area (Å²) in [5.41, 5.74) is 3.90. The Kier molecular flexibility index (Phi) is 3.68. The minimum absolute atomic E-state index is 0.283. The molecule has 23 heavy (non-hydrogen) atoms. The summed E-state index contributed by atoms with van der Waals surface area (Å²) in [7, 11) is 0. The van der Waals surface area contributed by atoms with Gasteiger partial charge in [-0.1, -0.05) is 54.6 Å². The van der Waals surface area contributed by atoms with E-state index >= 15 is 0 Å². The molecule has 1 aliphatic carbocycles. The van der Waals surface area contributed by atoms with Crippen LogP contribution in [0.3, 0.4) is 0 Å². The normalized spacial score (nSPS) is 14.0. The zero-order valence-corrected chi connectivity index (χ0v) is 13.3. The maximum absolute atomic E-state index is 6.16. The number of nitrogens with zero attached hydrogens (tertiary/aromatic N) is 2. The summed E-state index contributed by atoms with van der Waals surface area (Å²) in [6.45, 7) is 0. The van der Waals surface area contributed by atoms with Gasteiger partial charge < -0.3 is 0 Å². The molecule has 112 valence electrons. The molecule has 3 heteroatoms. The number of hydrogen-bond donors (Lipinski definition) is 0. The molecule has 2 nitrogen and oxygen atoms in total.